The monoisotopic (exact) mass is 499 g/mol. The molecule has 4 heterocycles. The first-order chi connectivity index (χ1) is 17.7. The minimum absolute atomic E-state index is 0.210. The van der Waals surface area contributed by atoms with E-state index in [1.54, 1.807) is 18.3 Å². The number of thiocarbonyl (C=S) groups is 1. The van der Waals surface area contributed by atoms with Gasteiger partial charge >= 0.3 is 0 Å². The number of para-hydroxylation sites is 1. The van der Waals surface area contributed by atoms with Crippen LogP contribution in [-0.2, 0) is 4.74 Å². The molecule has 8 heteroatoms. The van der Waals surface area contributed by atoms with Crippen molar-refractivity contribution in [2.45, 2.75) is 12.1 Å². The van der Waals surface area contributed by atoms with E-state index in [-0.39, 0.29) is 17.9 Å². The lowest BCUT2D eigenvalue weighted by molar-refractivity contribution is 0.122. The van der Waals surface area contributed by atoms with Crippen molar-refractivity contribution in [1.29, 1.82) is 0 Å². The number of anilines is 2. The molecule has 36 heavy (non-hydrogen) atoms. The number of halogens is 1. The summed E-state index contributed by atoms with van der Waals surface area (Å²) in [7, 11) is 0. The number of nitrogens with zero attached hydrogens (tertiary/aromatic N) is 4. The lowest BCUT2D eigenvalue weighted by atomic mass is 10.0. The van der Waals surface area contributed by atoms with Crippen LogP contribution in [0.2, 0.25) is 0 Å². The van der Waals surface area contributed by atoms with E-state index in [2.05, 4.69) is 44.4 Å². The number of hydrogen-bond acceptors (Lipinski definition) is 4. The van der Waals surface area contributed by atoms with Gasteiger partial charge in [0.2, 0.25) is 0 Å². The highest BCUT2D eigenvalue weighted by Crippen LogP contribution is 2.42. The zero-order valence-corrected chi connectivity index (χ0v) is 20.4. The molecular formula is C28H26FN5OS. The number of rotatable bonds is 5. The Morgan fingerprint density at radius 1 is 0.889 bits per heavy atom. The smallest absolute Gasteiger partial charge is 0.174 e. The number of benzene rings is 2. The first-order valence-electron chi connectivity index (χ1n) is 12.1. The molecule has 2 aromatic heterocycles. The zero-order valence-electron chi connectivity index (χ0n) is 19.6. The minimum Gasteiger partial charge on any atom is -0.378 e. The third kappa shape index (κ3) is 4.12. The van der Waals surface area contributed by atoms with Crippen LogP contribution >= 0.6 is 12.2 Å². The molecule has 2 fully saturated rings. The maximum absolute atomic E-state index is 14.9. The Kier molecular flexibility index (Phi) is 6.13. The predicted octanol–water partition coefficient (Wildman–Crippen LogP) is 5.03. The van der Waals surface area contributed by atoms with Crippen molar-refractivity contribution in [3.05, 3.63) is 108 Å². The Balaban J connectivity index is 1.43. The highest BCUT2D eigenvalue weighted by atomic mass is 32.1. The fourth-order valence-electron chi connectivity index (χ4n) is 5.08. The minimum atomic E-state index is -0.278. The molecule has 0 spiro atoms. The Bertz CT molecular complexity index is 1350. The van der Waals surface area contributed by atoms with E-state index in [1.165, 1.54) is 6.07 Å². The largest absolute Gasteiger partial charge is 0.378 e. The maximum atomic E-state index is 14.9. The molecule has 2 aliphatic rings. The van der Waals surface area contributed by atoms with Crippen LogP contribution in [0, 0.1) is 5.82 Å². The third-order valence-electron chi connectivity index (χ3n) is 6.80. The molecule has 4 aromatic rings. The van der Waals surface area contributed by atoms with Crippen molar-refractivity contribution in [2.75, 3.05) is 36.1 Å². The summed E-state index contributed by atoms with van der Waals surface area (Å²) in [6, 6.07) is 24.7. The van der Waals surface area contributed by atoms with Gasteiger partial charge in [-0.15, -0.1) is 0 Å². The lowest BCUT2D eigenvalue weighted by Gasteiger charge is -2.31. The summed E-state index contributed by atoms with van der Waals surface area (Å²) < 4.78 is 22.3. The van der Waals surface area contributed by atoms with Crippen molar-refractivity contribution < 1.29 is 9.13 Å². The third-order valence-corrected chi connectivity index (χ3v) is 7.11. The van der Waals surface area contributed by atoms with E-state index in [0.717, 1.165) is 49.1 Å². The Labute approximate surface area is 214 Å². The van der Waals surface area contributed by atoms with E-state index in [9.17, 15) is 4.39 Å². The van der Waals surface area contributed by atoms with Gasteiger partial charge in [-0.3, -0.25) is 4.98 Å². The first kappa shape index (κ1) is 22.7. The standard InChI is InChI=1S/C28H26FN5OS/c29-22-6-1-2-8-24(22)33-15-5-9-25(33)27-26(23-7-3-4-14-30-23)31-28(36)34(27)21-12-10-20(11-13-21)32-16-18-35-19-17-32/h1-15,26-27H,16-19H2,(H,31,36)/t26-,27+/m0/s1. The van der Waals surface area contributed by atoms with Crippen molar-refractivity contribution in [1.82, 2.24) is 14.9 Å². The normalized spacial score (nSPS) is 20.0. The second-order valence-electron chi connectivity index (χ2n) is 8.87. The zero-order chi connectivity index (χ0) is 24.5. The van der Waals surface area contributed by atoms with Crippen molar-refractivity contribution in [2.24, 2.45) is 0 Å². The van der Waals surface area contributed by atoms with Crippen molar-refractivity contribution >= 4 is 28.7 Å². The van der Waals surface area contributed by atoms with Crippen molar-refractivity contribution in [3.8, 4) is 5.69 Å². The van der Waals surface area contributed by atoms with E-state index in [4.69, 9.17) is 17.0 Å². The van der Waals surface area contributed by atoms with Crippen LogP contribution in [0.25, 0.3) is 5.69 Å². The van der Waals surface area contributed by atoms with E-state index in [0.29, 0.717) is 10.8 Å². The Morgan fingerprint density at radius 3 is 2.39 bits per heavy atom. The lowest BCUT2D eigenvalue weighted by Crippen LogP contribution is -2.36. The van der Waals surface area contributed by atoms with Crippen LogP contribution < -0.4 is 15.1 Å². The number of nitrogens with one attached hydrogen (secondary N) is 1. The fourth-order valence-corrected chi connectivity index (χ4v) is 5.43. The van der Waals surface area contributed by atoms with Crippen LogP contribution in [0.15, 0.2) is 91.3 Å². The summed E-state index contributed by atoms with van der Waals surface area (Å²) in [5, 5.41) is 4.10. The van der Waals surface area contributed by atoms with E-state index >= 15 is 0 Å². The molecule has 0 saturated carbocycles. The second-order valence-corrected chi connectivity index (χ2v) is 9.25. The molecule has 0 amide bonds. The summed E-state index contributed by atoms with van der Waals surface area (Å²) in [5.74, 6) is -0.278. The van der Waals surface area contributed by atoms with Crippen molar-refractivity contribution in [3.63, 3.8) is 0 Å². The molecule has 1 N–H and O–H groups in total. The topological polar surface area (TPSA) is 45.6 Å². The summed E-state index contributed by atoms with van der Waals surface area (Å²) in [5.41, 5.74) is 4.42. The Hall–Kier alpha value is -3.75. The van der Waals surface area contributed by atoms with Gasteiger partial charge in [-0.05, 0) is 72.9 Å². The maximum Gasteiger partial charge on any atom is 0.174 e. The first-order valence-corrected chi connectivity index (χ1v) is 12.5. The molecular weight excluding hydrogens is 473 g/mol. The number of hydrogen-bond donors (Lipinski definition) is 1. The molecule has 2 aliphatic heterocycles. The molecule has 2 atom stereocenters. The summed E-state index contributed by atoms with van der Waals surface area (Å²) >= 11 is 5.87. The molecule has 182 valence electrons. The molecule has 0 unspecified atom stereocenters. The molecule has 0 radical (unpaired) electrons. The van der Waals surface area contributed by atoms with Crippen LogP contribution in [0.3, 0.4) is 0 Å². The van der Waals surface area contributed by atoms with Gasteiger partial charge < -0.3 is 24.4 Å². The average Bonchev–Trinajstić information content (AvgIpc) is 3.54. The van der Waals surface area contributed by atoms with Crippen LogP contribution in [0.4, 0.5) is 15.8 Å². The summed E-state index contributed by atoms with van der Waals surface area (Å²) in [6.07, 6.45) is 3.68. The van der Waals surface area contributed by atoms with Gasteiger partial charge in [0.05, 0.1) is 30.6 Å². The van der Waals surface area contributed by atoms with Gasteiger partial charge in [0.1, 0.15) is 11.9 Å². The fraction of sp³-hybridized carbons (Fsp3) is 0.214. The highest BCUT2D eigenvalue weighted by Gasteiger charge is 2.42. The average molecular weight is 500 g/mol. The number of pyridine rings is 1. The molecule has 0 bridgehead atoms. The Morgan fingerprint density at radius 2 is 1.64 bits per heavy atom. The van der Waals surface area contributed by atoms with E-state index in [1.807, 2.05) is 47.2 Å². The molecule has 0 aliphatic carbocycles. The van der Waals surface area contributed by atoms with Gasteiger partial charge in [0.15, 0.2) is 5.11 Å². The van der Waals surface area contributed by atoms with Crippen LogP contribution in [-0.4, -0.2) is 41.0 Å². The van der Waals surface area contributed by atoms with Gasteiger partial charge in [-0.2, -0.15) is 0 Å². The predicted molar refractivity (Wildman–Crippen MR) is 143 cm³/mol. The van der Waals surface area contributed by atoms with Gasteiger partial charge in [-0.1, -0.05) is 18.2 Å². The van der Waals surface area contributed by atoms with E-state index < -0.39 is 0 Å². The van der Waals surface area contributed by atoms with Gasteiger partial charge in [0, 0.05) is 42.6 Å². The highest BCUT2D eigenvalue weighted by molar-refractivity contribution is 7.80. The quantitative estimate of drug-likeness (QED) is 0.389. The molecule has 2 aromatic carbocycles. The molecule has 2 saturated heterocycles. The van der Waals surface area contributed by atoms with Gasteiger partial charge in [-0.25, -0.2) is 4.39 Å². The number of ether oxygens (including phenoxy) is 1. The summed E-state index contributed by atoms with van der Waals surface area (Å²) in [6.45, 7) is 3.23. The van der Waals surface area contributed by atoms with Crippen LogP contribution in [0.5, 0.6) is 0 Å². The molecule has 6 rings (SSSR count). The SMILES string of the molecule is Fc1ccccc1-n1cccc1[C@@H]1[C@H](c2ccccn2)NC(=S)N1c1ccc(N2CCOCC2)cc1. The van der Waals surface area contributed by atoms with Gasteiger partial charge in [0.25, 0.3) is 0 Å². The summed E-state index contributed by atoms with van der Waals surface area (Å²) in [4.78, 5) is 9.07. The molecule has 6 nitrogen and oxygen atoms in total. The number of morpholine rings is 1. The second kappa shape index (κ2) is 9.72. The number of aromatic nitrogens is 2. The van der Waals surface area contributed by atoms with Crippen LogP contribution in [0.1, 0.15) is 23.5 Å².